The second kappa shape index (κ2) is 12.6. The standard InChI is InChI=1S/C32H37ClFN5O5/c1-17(40)21-16-35-25-12-11-24(18-14-22(33)29(41)23(34)15-18)38-28(25)27(21)36-19-7-9-20(10-8-19)37-30(42)26-6-5-13-39(26)31(43)44-32(2,3)4/h11-12,14-16,19-20,26,41H,5-10,13H2,1-4H3,(H,35,36)(H,37,42)/t19-,20-,26-/m0/s1. The summed E-state index contributed by atoms with van der Waals surface area (Å²) in [4.78, 5) is 49.1. The third-order valence-corrected chi connectivity index (χ3v) is 8.30. The topological polar surface area (TPSA) is 134 Å². The largest absolute Gasteiger partial charge is 0.504 e. The van der Waals surface area contributed by atoms with Gasteiger partial charge >= 0.3 is 6.09 Å². The number of carbonyl (C=O) groups is 3. The predicted octanol–water partition coefficient (Wildman–Crippen LogP) is 6.24. The second-order valence-corrected chi connectivity index (χ2v) is 12.9. The third kappa shape index (κ3) is 6.88. The van der Waals surface area contributed by atoms with Gasteiger partial charge in [0.15, 0.2) is 17.3 Å². The van der Waals surface area contributed by atoms with Crippen LogP contribution in [-0.2, 0) is 9.53 Å². The molecule has 1 atom stereocenters. The zero-order chi connectivity index (χ0) is 31.8. The molecule has 1 saturated heterocycles. The zero-order valence-electron chi connectivity index (χ0n) is 25.2. The number of likely N-dealkylation sites (tertiary alicyclic amines) is 1. The fraction of sp³-hybridized carbons (Fsp3) is 0.469. The number of amides is 2. The number of phenols is 1. The average molecular weight is 626 g/mol. The van der Waals surface area contributed by atoms with Gasteiger partial charge in [0.05, 0.1) is 27.5 Å². The molecule has 0 unspecified atom stereocenters. The van der Waals surface area contributed by atoms with E-state index in [-0.39, 0.29) is 28.8 Å². The van der Waals surface area contributed by atoms with Crippen LogP contribution in [0.5, 0.6) is 5.75 Å². The van der Waals surface area contributed by atoms with E-state index in [2.05, 4.69) is 15.6 Å². The minimum atomic E-state index is -0.863. The summed E-state index contributed by atoms with van der Waals surface area (Å²) in [6.07, 6.45) is 5.28. The van der Waals surface area contributed by atoms with Crippen LogP contribution in [0.15, 0.2) is 30.5 Å². The van der Waals surface area contributed by atoms with Crippen molar-refractivity contribution in [3.63, 3.8) is 0 Å². The molecule has 10 nitrogen and oxygen atoms in total. The highest BCUT2D eigenvalue weighted by Crippen LogP contribution is 2.35. The average Bonchev–Trinajstić information content (AvgIpc) is 3.46. The number of ether oxygens (including phenoxy) is 1. The van der Waals surface area contributed by atoms with Crippen LogP contribution in [0.1, 0.15) is 76.6 Å². The minimum Gasteiger partial charge on any atom is -0.504 e. The van der Waals surface area contributed by atoms with Crippen LogP contribution in [0.2, 0.25) is 5.02 Å². The summed E-state index contributed by atoms with van der Waals surface area (Å²) >= 11 is 6.00. The first-order chi connectivity index (χ1) is 20.8. The molecule has 44 heavy (non-hydrogen) atoms. The van der Waals surface area contributed by atoms with E-state index in [1.54, 1.807) is 32.9 Å². The van der Waals surface area contributed by atoms with Gasteiger partial charge < -0.3 is 20.5 Å². The molecule has 0 spiro atoms. The molecule has 1 aromatic carbocycles. The van der Waals surface area contributed by atoms with Gasteiger partial charge in [0.25, 0.3) is 0 Å². The Bertz CT molecular complexity index is 1580. The molecular weight excluding hydrogens is 589 g/mol. The van der Waals surface area contributed by atoms with Crippen LogP contribution in [0.25, 0.3) is 22.3 Å². The van der Waals surface area contributed by atoms with Gasteiger partial charge in [0, 0.05) is 30.4 Å². The fourth-order valence-electron chi connectivity index (χ4n) is 5.82. The molecule has 2 amide bonds. The molecule has 1 aliphatic heterocycles. The third-order valence-electron chi connectivity index (χ3n) is 8.01. The number of aromatic hydroxyl groups is 1. The van der Waals surface area contributed by atoms with Crippen molar-refractivity contribution in [2.45, 2.75) is 89.9 Å². The lowest BCUT2D eigenvalue weighted by atomic mass is 9.90. The molecule has 12 heteroatoms. The van der Waals surface area contributed by atoms with E-state index in [4.69, 9.17) is 21.3 Å². The number of ketones is 1. The van der Waals surface area contributed by atoms with Crippen molar-refractivity contribution in [1.82, 2.24) is 20.2 Å². The normalized spacial score (nSPS) is 20.4. The number of carbonyl (C=O) groups excluding carboxylic acids is 3. The monoisotopic (exact) mass is 625 g/mol. The van der Waals surface area contributed by atoms with Gasteiger partial charge in [-0.25, -0.2) is 14.2 Å². The molecule has 2 aliphatic rings. The van der Waals surface area contributed by atoms with Crippen LogP contribution in [0.3, 0.4) is 0 Å². The number of nitrogens with one attached hydrogen (secondary N) is 2. The summed E-state index contributed by atoms with van der Waals surface area (Å²) < 4.78 is 19.7. The Balaban J connectivity index is 1.29. The maximum Gasteiger partial charge on any atom is 0.410 e. The van der Waals surface area contributed by atoms with Gasteiger partial charge in [-0.15, -0.1) is 0 Å². The lowest BCUT2D eigenvalue weighted by Crippen LogP contribution is -2.50. The van der Waals surface area contributed by atoms with Crippen molar-refractivity contribution in [2.24, 2.45) is 0 Å². The Morgan fingerprint density at radius 3 is 2.45 bits per heavy atom. The molecule has 3 heterocycles. The number of aromatic nitrogens is 2. The van der Waals surface area contributed by atoms with Crippen molar-refractivity contribution >= 4 is 46.1 Å². The summed E-state index contributed by atoms with van der Waals surface area (Å²) in [6.45, 7) is 7.37. The van der Waals surface area contributed by atoms with E-state index in [1.165, 1.54) is 24.1 Å². The minimum absolute atomic E-state index is 0.00242. The van der Waals surface area contributed by atoms with Crippen molar-refractivity contribution < 1.29 is 28.6 Å². The van der Waals surface area contributed by atoms with Gasteiger partial charge in [-0.3, -0.25) is 19.5 Å². The number of phenolic OH excluding ortho intramolecular Hbond substituents is 1. The number of fused-ring (bicyclic) bond motifs is 1. The van der Waals surface area contributed by atoms with E-state index in [9.17, 15) is 23.9 Å². The van der Waals surface area contributed by atoms with Crippen molar-refractivity contribution in [2.75, 3.05) is 11.9 Å². The van der Waals surface area contributed by atoms with E-state index in [1.807, 2.05) is 0 Å². The number of halogens is 2. The van der Waals surface area contributed by atoms with Crippen molar-refractivity contribution in [3.8, 4) is 17.0 Å². The van der Waals surface area contributed by atoms with Gasteiger partial charge in [-0.2, -0.15) is 0 Å². The number of hydrogen-bond donors (Lipinski definition) is 3. The molecule has 3 N–H and O–H groups in total. The van der Waals surface area contributed by atoms with Gasteiger partial charge in [0.2, 0.25) is 5.91 Å². The highest BCUT2D eigenvalue weighted by Gasteiger charge is 2.37. The van der Waals surface area contributed by atoms with Gasteiger partial charge in [0.1, 0.15) is 17.2 Å². The number of pyridine rings is 2. The van der Waals surface area contributed by atoms with E-state index < -0.39 is 29.3 Å². The number of hydrogen-bond acceptors (Lipinski definition) is 8. The molecule has 234 valence electrons. The van der Waals surface area contributed by atoms with E-state index >= 15 is 0 Å². The van der Waals surface area contributed by atoms with E-state index in [0.29, 0.717) is 59.3 Å². The summed E-state index contributed by atoms with van der Waals surface area (Å²) in [5, 5.41) is 16.3. The van der Waals surface area contributed by atoms with Crippen molar-refractivity contribution in [1.29, 1.82) is 0 Å². The molecule has 2 aromatic heterocycles. The highest BCUT2D eigenvalue weighted by atomic mass is 35.5. The molecule has 2 fully saturated rings. The maximum atomic E-state index is 14.2. The van der Waals surface area contributed by atoms with Crippen LogP contribution in [0.4, 0.5) is 14.9 Å². The fourth-order valence-corrected chi connectivity index (χ4v) is 6.02. The molecule has 1 aliphatic carbocycles. The lowest BCUT2D eigenvalue weighted by molar-refractivity contribution is -0.126. The van der Waals surface area contributed by atoms with Crippen LogP contribution < -0.4 is 10.6 Å². The number of rotatable bonds is 6. The second-order valence-electron chi connectivity index (χ2n) is 12.5. The molecule has 3 aromatic rings. The van der Waals surface area contributed by atoms with Crippen LogP contribution in [0, 0.1) is 5.82 Å². The van der Waals surface area contributed by atoms with E-state index in [0.717, 1.165) is 25.3 Å². The lowest BCUT2D eigenvalue weighted by Gasteiger charge is -2.33. The predicted molar refractivity (Wildman–Crippen MR) is 165 cm³/mol. The Morgan fingerprint density at radius 2 is 1.80 bits per heavy atom. The molecule has 0 radical (unpaired) electrons. The summed E-state index contributed by atoms with van der Waals surface area (Å²) in [6, 6.07) is 5.41. The molecule has 0 bridgehead atoms. The van der Waals surface area contributed by atoms with Gasteiger partial charge in [-0.1, -0.05) is 11.6 Å². The van der Waals surface area contributed by atoms with Gasteiger partial charge in [-0.05, 0) is 90.5 Å². The maximum absolute atomic E-state index is 14.2. The summed E-state index contributed by atoms with van der Waals surface area (Å²) in [7, 11) is 0. The first kappa shape index (κ1) is 31.4. The SMILES string of the molecule is CC(=O)c1cnc2ccc(-c3cc(F)c(O)c(Cl)c3)nc2c1N[C@H]1CC[C@H](NC(=O)[C@@H]2CCCN2C(=O)OC(C)(C)C)CC1. The Morgan fingerprint density at radius 1 is 1.09 bits per heavy atom. The molecule has 1 saturated carbocycles. The molecular formula is C32H37ClFN5O5. The first-order valence-electron chi connectivity index (χ1n) is 14.9. The smallest absolute Gasteiger partial charge is 0.410 e. The number of benzene rings is 1. The van der Waals surface area contributed by atoms with Crippen LogP contribution >= 0.6 is 11.6 Å². The number of anilines is 1. The molecule has 5 rings (SSSR count). The number of nitrogens with zero attached hydrogens (tertiary/aromatic N) is 3. The number of Topliss-reactive ketones (excluding diaryl/α,β-unsaturated/α-hetero) is 1. The highest BCUT2D eigenvalue weighted by molar-refractivity contribution is 6.32. The Kier molecular flexibility index (Phi) is 8.97. The van der Waals surface area contributed by atoms with Crippen LogP contribution in [-0.4, -0.2) is 68.0 Å². The Labute approximate surface area is 260 Å². The quantitative estimate of drug-likeness (QED) is 0.274. The zero-order valence-corrected chi connectivity index (χ0v) is 26.0. The summed E-state index contributed by atoms with van der Waals surface area (Å²) in [5.74, 6) is -1.83. The van der Waals surface area contributed by atoms with Crippen molar-refractivity contribution in [3.05, 3.63) is 46.9 Å². The Hall–Kier alpha value is -3.99. The first-order valence-corrected chi connectivity index (χ1v) is 15.2. The summed E-state index contributed by atoms with van der Waals surface area (Å²) in [5.41, 5.74) is 2.08.